The van der Waals surface area contributed by atoms with Crippen LogP contribution >= 0.6 is 0 Å². The predicted octanol–water partition coefficient (Wildman–Crippen LogP) is 3.08. The van der Waals surface area contributed by atoms with Gasteiger partial charge in [-0.3, -0.25) is 9.59 Å². The van der Waals surface area contributed by atoms with E-state index in [0.29, 0.717) is 5.57 Å². The first-order valence-electron chi connectivity index (χ1n) is 8.69. The Morgan fingerprint density at radius 1 is 1.08 bits per heavy atom. The zero-order chi connectivity index (χ0) is 20.1. The molecule has 6 nitrogen and oxygen atoms in total. The van der Waals surface area contributed by atoms with Crippen molar-refractivity contribution in [3.63, 3.8) is 0 Å². The van der Waals surface area contributed by atoms with E-state index in [0.717, 1.165) is 5.57 Å². The molecule has 26 heavy (non-hydrogen) atoms. The molecule has 7 heteroatoms. The van der Waals surface area contributed by atoms with Gasteiger partial charge in [-0.25, -0.2) is 0 Å². The Bertz CT molecular complexity index is 642. The van der Waals surface area contributed by atoms with Crippen LogP contribution in [-0.2, 0) is 28.4 Å². The summed E-state index contributed by atoms with van der Waals surface area (Å²) in [6, 6.07) is 0. The van der Waals surface area contributed by atoms with Gasteiger partial charge in [-0.2, -0.15) is 0 Å². The van der Waals surface area contributed by atoms with Gasteiger partial charge in [-0.15, -0.1) is 0 Å². The van der Waals surface area contributed by atoms with Gasteiger partial charge in [-0.1, -0.05) is 32.1 Å². The van der Waals surface area contributed by atoms with Crippen molar-refractivity contribution >= 4 is 19.1 Å². The lowest BCUT2D eigenvalue weighted by Gasteiger charge is -2.32. The first-order chi connectivity index (χ1) is 11.7. The Balaban J connectivity index is 2.47. The molecule has 0 spiro atoms. The Kier molecular flexibility index (Phi) is 4.97. The number of hydrogen-bond acceptors (Lipinski definition) is 6. The van der Waals surface area contributed by atoms with E-state index in [1.54, 1.807) is 6.08 Å². The summed E-state index contributed by atoms with van der Waals surface area (Å²) in [7, 11) is 1.95. The Labute approximate surface area is 156 Å². The van der Waals surface area contributed by atoms with Crippen LogP contribution in [0.5, 0.6) is 0 Å². The molecule has 0 radical (unpaired) electrons. The minimum Gasteiger partial charge on any atom is -0.468 e. The predicted molar refractivity (Wildman–Crippen MR) is 98.4 cm³/mol. The maximum atomic E-state index is 12.4. The first kappa shape index (κ1) is 20.7. The van der Waals surface area contributed by atoms with Crippen LogP contribution in [0.3, 0.4) is 0 Å². The summed E-state index contributed by atoms with van der Waals surface area (Å²) in [5, 5.41) is -0.633. The average Bonchev–Trinajstić information content (AvgIpc) is 3.01. The quantitative estimate of drug-likeness (QED) is 0.434. The topological polar surface area (TPSA) is 71.1 Å². The second-order valence-electron chi connectivity index (χ2n) is 8.60. The van der Waals surface area contributed by atoms with Crippen molar-refractivity contribution in [2.75, 3.05) is 14.2 Å². The fourth-order valence-corrected chi connectivity index (χ4v) is 3.45. The van der Waals surface area contributed by atoms with Crippen molar-refractivity contribution in [1.82, 2.24) is 0 Å². The van der Waals surface area contributed by atoms with Gasteiger partial charge in [0.2, 0.25) is 0 Å². The van der Waals surface area contributed by atoms with Crippen molar-refractivity contribution in [3.8, 4) is 0 Å². The number of rotatable bonds is 4. The third-order valence-electron chi connectivity index (χ3n) is 5.90. The molecule has 0 aromatic rings. The molecule has 1 heterocycles. The Morgan fingerprint density at radius 2 is 1.50 bits per heavy atom. The zero-order valence-corrected chi connectivity index (χ0v) is 17.0. The van der Waals surface area contributed by atoms with Crippen LogP contribution in [0.1, 0.15) is 48.0 Å². The highest BCUT2D eigenvalue weighted by Gasteiger charge is 2.60. The molecule has 2 rings (SSSR count). The van der Waals surface area contributed by atoms with Crippen LogP contribution in [0.25, 0.3) is 0 Å². The molecular weight excluding hydrogens is 335 g/mol. The van der Waals surface area contributed by atoms with Crippen LogP contribution in [0.4, 0.5) is 0 Å². The number of allylic oxidation sites excluding steroid dienone is 2. The fourth-order valence-electron chi connectivity index (χ4n) is 3.45. The molecule has 0 saturated carbocycles. The van der Waals surface area contributed by atoms with E-state index in [4.69, 9.17) is 18.8 Å². The second-order valence-corrected chi connectivity index (χ2v) is 8.60. The normalized spacial score (nSPS) is 23.6. The van der Waals surface area contributed by atoms with E-state index in [-0.39, 0.29) is 6.42 Å². The Hall–Kier alpha value is -1.60. The average molecular weight is 364 g/mol. The zero-order valence-electron chi connectivity index (χ0n) is 17.0. The molecule has 1 aliphatic heterocycles. The summed E-state index contributed by atoms with van der Waals surface area (Å²) in [4.78, 5) is 24.8. The molecule has 0 aromatic carbocycles. The molecule has 1 saturated heterocycles. The summed E-state index contributed by atoms with van der Waals surface area (Å²) in [6.45, 7) is 15.9. The highest BCUT2D eigenvalue weighted by Crippen LogP contribution is 2.55. The van der Waals surface area contributed by atoms with Gasteiger partial charge >= 0.3 is 19.1 Å². The van der Waals surface area contributed by atoms with Gasteiger partial charge in [0.15, 0.2) is 5.41 Å². The highest BCUT2D eigenvalue weighted by molar-refractivity contribution is 6.50. The minimum absolute atomic E-state index is 0.116. The van der Waals surface area contributed by atoms with Crippen LogP contribution in [0, 0.1) is 5.41 Å². The van der Waals surface area contributed by atoms with Gasteiger partial charge in [0.05, 0.1) is 25.4 Å². The molecule has 0 unspecified atom stereocenters. The summed E-state index contributed by atoms with van der Waals surface area (Å²) in [6.07, 6.45) is 1.72. The molecule has 0 amide bonds. The monoisotopic (exact) mass is 364 g/mol. The second kappa shape index (κ2) is 6.24. The van der Waals surface area contributed by atoms with E-state index < -0.39 is 41.0 Å². The van der Waals surface area contributed by atoms with Gasteiger partial charge < -0.3 is 18.8 Å². The molecule has 1 aliphatic carbocycles. The first-order valence-corrected chi connectivity index (χ1v) is 8.69. The molecule has 144 valence electrons. The number of hydrogen-bond donors (Lipinski definition) is 0. The molecule has 0 aromatic heterocycles. The lowest BCUT2D eigenvalue weighted by molar-refractivity contribution is -0.164. The third-order valence-corrected chi connectivity index (χ3v) is 5.90. The lowest BCUT2D eigenvalue weighted by Crippen LogP contribution is -2.41. The fraction of sp³-hybridized carbons (Fsp3) is 0.684. The largest absolute Gasteiger partial charge is 0.468 e. The number of carbonyl (C=O) groups is 2. The SMILES string of the molecule is C=C1CC(C(=O)OC)(C(=O)OC)C=C1C(C)(C)B1OC(C)(C)C(C)(C)O1. The molecular formula is C19H29BO6. The van der Waals surface area contributed by atoms with E-state index >= 15 is 0 Å². The summed E-state index contributed by atoms with van der Waals surface area (Å²) < 4.78 is 22.1. The van der Waals surface area contributed by atoms with Crippen molar-refractivity contribution in [1.29, 1.82) is 0 Å². The molecule has 0 N–H and O–H groups in total. The van der Waals surface area contributed by atoms with Crippen molar-refractivity contribution in [2.24, 2.45) is 5.41 Å². The standard InChI is InChI=1S/C19H29BO6/c1-12-10-19(14(21)23-8,15(22)24-9)11-13(12)16(2,3)20-25-17(4,5)18(6,7)26-20/h11H,1,10H2,2-9H3. The molecule has 1 fully saturated rings. The maximum absolute atomic E-state index is 12.4. The minimum atomic E-state index is -1.52. The van der Waals surface area contributed by atoms with E-state index in [9.17, 15) is 9.59 Å². The highest BCUT2D eigenvalue weighted by atomic mass is 16.7. The van der Waals surface area contributed by atoms with Crippen LogP contribution in [0.2, 0.25) is 5.31 Å². The number of methoxy groups -OCH3 is 2. The van der Waals surface area contributed by atoms with Gasteiger partial charge in [0.25, 0.3) is 0 Å². The Morgan fingerprint density at radius 3 is 1.88 bits per heavy atom. The van der Waals surface area contributed by atoms with Gasteiger partial charge in [0.1, 0.15) is 0 Å². The van der Waals surface area contributed by atoms with E-state index in [1.165, 1.54) is 14.2 Å². The van der Waals surface area contributed by atoms with Crippen LogP contribution < -0.4 is 0 Å². The van der Waals surface area contributed by atoms with Crippen LogP contribution in [-0.4, -0.2) is 44.5 Å². The van der Waals surface area contributed by atoms with Crippen molar-refractivity contribution < 1.29 is 28.4 Å². The lowest BCUT2D eigenvalue weighted by atomic mass is 9.55. The van der Waals surface area contributed by atoms with Crippen LogP contribution in [0.15, 0.2) is 23.8 Å². The summed E-state index contributed by atoms with van der Waals surface area (Å²) in [5.41, 5.74) is -1.09. The van der Waals surface area contributed by atoms with E-state index in [1.807, 2.05) is 41.5 Å². The van der Waals surface area contributed by atoms with Crippen molar-refractivity contribution in [3.05, 3.63) is 23.8 Å². The molecule has 0 bridgehead atoms. The molecule has 0 atom stereocenters. The van der Waals surface area contributed by atoms with E-state index in [2.05, 4.69) is 6.58 Å². The smallest absolute Gasteiger partial charge is 0.468 e. The van der Waals surface area contributed by atoms with Crippen molar-refractivity contribution in [2.45, 2.75) is 64.5 Å². The molecule has 2 aliphatic rings. The number of carbonyl (C=O) groups excluding carboxylic acids is 2. The summed E-state index contributed by atoms with van der Waals surface area (Å²) in [5.74, 6) is -1.32. The number of ether oxygens (including phenoxy) is 2. The summed E-state index contributed by atoms with van der Waals surface area (Å²) >= 11 is 0. The third kappa shape index (κ3) is 2.91. The number of esters is 2. The van der Waals surface area contributed by atoms with Gasteiger partial charge in [-0.05, 0) is 33.3 Å². The maximum Gasteiger partial charge on any atom is 0.468 e. The van der Waals surface area contributed by atoms with Gasteiger partial charge in [0, 0.05) is 11.7 Å².